The predicted octanol–water partition coefficient (Wildman–Crippen LogP) is -0.355. The molecule has 5 nitrogen and oxygen atoms in total. The van der Waals surface area contributed by atoms with Gasteiger partial charge >= 0.3 is 0 Å². The molecule has 1 aliphatic carbocycles. The normalized spacial score (nSPS) is 34.9. The fourth-order valence-corrected chi connectivity index (χ4v) is 2.27. The maximum Gasteiger partial charge on any atom is 0.223 e. The maximum absolute atomic E-state index is 11.8. The van der Waals surface area contributed by atoms with Gasteiger partial charge in [-0.15, -0.1) is 0 Å². The van der Waals surface area contributed by atoms with Crippen molar-refractivity contribution >= 4 is 5.91 Å². The molecular weight excluding hydrogens is 208 g/mol. The average molecular weight is 228 g/mol. The number of ether oxygens (including phenoxy) is 2. The van der Waals surface area contributed by atoms with Crippen molar-refractivity contribution in [3.63, 3.8) is 0 Å². The summed E-state index contributed by atoms with van der Waals surface area (Å²) < 4.78 is 10.7. The van der Waals surface area contributed by atoms with Gasteiger partial charge in [-0.3, -0.25) is 4.79 Å². The first kappa shape index (κ1) is 11.8. The second-order valence-electron chi connectivity index (χ2n) is 4.58. The standard InChI is InChI=1S/C11H20N2O3/c12-9-2-1-8(5-9)11(14)13-6-10-7-15-3-4-16-10/h8-10H,1-7,12H2,(H,13,14). The lowest BCUT2D eigenvalue weighted by molar-refractivity contribution is -0.127. The van der Waals surface area contributed by atoms with Gasteiger partial charge in [0.2, 0.25) is 5.91 Å². The number of carbonyl (C=O) groups is 1. The molecule has 1 heterocycles. The van der Waals surface area contributed by atoms with Crippen LogP contribution in [0.5, 0.6) is 0 Å². The summed E-state index contributed by atoms with van der Waals surface area (Å²) in [4.78, 5) is 11.8. The van der Waals surface area contributed by atoms with Gasteiger partial charge in [0.05, 0.1) is 25.9 Å². The molecule has 1 saturated heterocycles. The van der Waals surface area contributed by atoms with E-state index >= 15 is 0 Å². The van der Waals surface area contributed by atoms with Crippen molar-refractivity contribution in [1.82, 2.24) is 5.32 Å². The molecule has 2 fully saturated rings. The molecular formula is C11H20N2O3. The smallest absolute Gasteiger partial charge is 0.223 e. The molecule has 2 aliphatic rings. The number of amides is 1. The fourth-order valence-electron chi connectivity index (χ4n) is 2.27. The van der Waals surface area contributed by atoms with E-state index in [1.165, 1.54) is 0 Å². The largest absolute Gasteiger partial charge is 0.376 e. The van der Waals surface area contributed by atoms with E-state index in [1.54, 1.807) is 0 Å². The molecule has 2 rings (SSSR count). The Kier molecular flexibility index (Phi) is 4.15. The molecule has 16 heavy (non-hydrogen) atoms. The van der Waals surface area contributed by atoms with Crippen molar-refractivity contribution in [2.75, 3.05) is 26.4 Å². The first-order chi connectivity index (χ1) is 7.75. The molecule has 3 unspecified atom stereocenters. The summed E-state index contributed by atoms with van der Waals surface area (Å²) in [6.45, 7) is 2.39. The van der Waals surface area contributed by atoms with Crippen LogP contribution >= 0.6 is 0 Å². The topological polar surface area (TPSA) is 73.6 Å². The third kappa shape index (κ3) is 3.17. The Morgan fingerprint density at radius 3 is 2.88 bits per heavy atom. The van der Waals surface area contributed by atoms with E-state index in [0.717, 1.165) is 19.3 Å². The van der Waals surface area contributed by atoms with E-state index in [1.807, 2.05) is 0 Å². The van der Waals surface area contributed by atoms with Crippen molar-refractivity contribution in [2.45, 2.75) is 31.4 Å². The van der Waals surface area contributed by atoms with E-state index in [4.69, 9.17) is 15.2 Å². The van der Waals surface area contributed by atoms with Crippen molar-refractivity contribution < 1.29 is 14.3 Å². The summed E-state index contributed by atoms with van der Waals surface area (Å²) in [5.41, 5.74) is 5.78. The van der Waals surface area contributed by atoms with Crippen LogP contribution in [0.25, 0.3) is 0 Å². The van der Waals surface area contributed by atoms with Gasteiger partial charge in [0.1, 0.15) is 0 Å². The Morgan fingerprint density at radius 2 is 2.25 bits per heavy atom. The monoisotopic (exact) mass is 228 g/mol. The van der Waals surface area contributed by atoms with E-state index in [-0.39, 0.29) is 24.0 Å². The Hall–Kier alpha value is -0.650. The highest BCUT2D eigenvalue weighted by Crippen LogP contribution is 2.23. The van der Waals surface area contributed by atoms with Crippen molar-refractivity contribution in [2.24, 2.45) is 11.7 Å². The van der Waals surface area contributed by atoms with Crippen LogP contribution in [-0.2, 0) is 14.3 Å². The zero-order chi connectivity index (χ0) is 11.4. The Balaban J connectivity index is 1.67. The highest BCUT2D eigenvalue weighted by molar-refractivity contribution is 5.79. The number of hydrogen-bond acceptors (Lipinski definition) is 4. The Bertz CT molecular complexity index is 241. The molecule has 92 valence electrons. The van der Waals surface area contributed by atoms with Gasteiger partial charge in [-0.05, 0) is 19.3 Å². The van der Waals surface area contributed by atoms with E-state index in [2.05, 4.69) is 5.32 Å². The van der Waals surface area contributed by atoms with Crippen LogP contribution in [-0.4, -0.2) is 44.4 Å². The van der Waals surface area contributed by atoms with Gasteiger partial charge in [0.15, 0.2) is 0 Å². The highest BCUT2D eigenvalue weighted by atomic mass is 16.6. The van der Waals surface area contributed by atoms with Crippen molar-refractivity contribution in [3.05, 3.63) is 0 Å². The molecule has 3 atom stereocenters. The van der Waals surface area contributed by atoms with E-state index < -0.39 is 0 Å². The molecule has 0 radical (unpaired) electrons. The molecule has 1 aliphatic heterocycles. The first-order valence-corrected chi connectivity index (χ1v) is 5.98. The molecule has 5 heteroatoms. The summed E-state index contributed by atoms with van der Waals surface area (Å²) in [5, 5.41) is 2.92. The van der Waals surface area contributed by atoms with Gasteiger partial charge in [0.25, 0.3) is 0 Å². The van der Waals surface area contributed by atoms with Crippen LogP contribution in [0.1, 0.15) is 19.3 Å². The minimum absolute atomic E-state index is 0.00720. The number of hydrogen-bond donors (Lipinski definition) is 2. The minimum Gasteiger partial charge on any atom is -0.376 e. The summed E-state index contributed by atoms with van der Waals surface area (Å²) in [7, 11) is 0. The quantitative estimate of drug-likeness (QED) is 0.692. The molecule has 3 N–H and O–H groups in total. The van der Waals surface area contributed by atoms with Gasteiger partial charge < -0.3 is 20.5 Å². The van der Waals surface area contributed by atoms with Gasteiger partial charge in [-0.2, -0.15) is 0 Å². The lowest BCUT2D eigenvalue weighted by atomic mass is 10.1. The number of rotatable bonds is 3. The zero-order valence-electron chi connectivity index (χ0n) is 9.48. The number of nitrogens with two attached hydrogens (primary N) is 1. The third-order valence-corrected chi connectivity index (χ3v) is 3.23. The van der Waals surface area contributed by atoms with Crippen molar-refractivity contribution in [1.29, 1.82) is 0 Å². The molecule has 0 spiro atoms. The molecule has 0 aromatic rings. The van der Waals surface area contributed by atoms with Gasteiger partial charge in [-0.1, -0.05) is 0 Å². The van der Waals surface area contributed by atoms with Crippen LogP contribution in [0, 0.1) is 5.92 Å². The lowest BCUT2D eigenvalue weighted by Gasteiger charge is -2.23. The first-order valence-electron chi connectivity index (χ1n) is 5.98. The number of nitrogens with one attached hydrogen (secondary N) is 1. The number of carbonyl (C=O) groups excluding carboxylic acids is 1. The summed E-state index contributed by atoms with van der Waals surface area (Å²) >= 11 is 0. The lowest BCUT2D eigenvalue weighted by Crippen LogP contribution is -2.41. The molecule has 1 amide bonds. The van der Waals surface area contributed by atoms with E-state index in [9.17, 15) is 4.79 Å². The summed E-state index contributed by atoms with van der Waals surface area (Å²) in [6.07, 6.45) is 2.69. The van der Waals surface area contributed by atoms with E-state index in [0.29, 0.717) is 26.4 Å². The van der Waals surface area contributed by atoms with Crippen LogP contribution in [0.15, 0.2) is 0 Å². The Morgan fingerprint density at radius 1 is 1.38 bits per heavy atom. The molecule has 0 aromatic carbocycles. The fraction of sp³-hybridized carbons (Fsp3) is 0.909. The molecule has 1 saturated carbocycles. The van der Waals surface area contributed by atoms with Crippen molar-refractivity contribution in [3.8, 4) is 0 Å². The summed E-state index contributed by atoms with van der Waals surface area (Å²) in [5.74, 6) is 0.210. The second kappa shape index (κ2) is 5.61. The summed E-state index contributed by atoms with van der Waals surface area (Å²) in [6, 6.07) is 0.199. The van der Waals surface area contributed by atoms with Gasteiger partial charge in [0, 0.05) is 18.5 Å². The van der Waals surface area contributed by atoms with Crippen LogP contribution in [0.3, 0.4) is 0 Å². The predicted molar refractivity (Wildman–Crippen MR) is 58.9 cm³/mol. The zero-order valence-corrected chi connectivity index (χ0v) is 9.48. The highest BCUT2D eigenvalue weighted by Gasteiger charge is 2.28. The average Bonchev–Trinajstić information content (AvgIpc) is 2.74. The van der Waals surface area contributed by atoms with Gasteiger partial charge in [-0.25, -0.2) is 0 Å². The minimum atomic E-state index is 0.00720. The Labute approximate surface area is 95.7 Å². The third-order valence-electron chi connectivity index (χ3n) is 3.23. The van der Waals surface area contributed by atoms with Crippen LogP contribution < -0.4 is 11.1 Å². The van der Waals surface area contributed by atoms with Crippen LogP contribution in [0.4, 0.5) is 0 Å². The molecule has 0 aromatic heterocycles. The maximum atomic E-state index is 11.8. The van der Waals surface area contributed by atoms with Crippen LogP contribution in [0.2, 0.25) is 0 Å². The second-order valence-corrected chi connectivity index (χ2v) is 4.58. The SMILES string of the molecule is NC1CCC(C(=O)NCC2COCCO2)C1. The molecule has 0 bridgehead atoms.